The Balaban J connectivity index is 2.33. The zero-order valence-electron chi connectivity index (χ0n) is 12.2. The maximum atomic E-state index is 11.9. The number of aromatic nitrogens is 2. The maximum Gasteiger partial charge on any atom is 0.220 e. The average Bonchev–Trinajstić information content (AvgIpc) is 2.79. The van der Waals surface area contributed by atoms with Gasteiger partial charge in [-0.3, -0.25) is 9.48 Å². The Hall–Kier alpha value is -1.36. The minimum absolute atomic E-state index is 0.0740. The van der Waals surface area contributed by atoms with Crippen molar-refractivity contribution in [3.8, 4) is 0 Å². The first-order valence-electron chi connectivity index (χ1n) is 6.98. The lowest BCUT2D eigenvalue weighted by atomic mass is 9.94. The van der Waals surface area contributed by atoms with Gasteiger partial charge in [-0.2, -0.15) is 5.10 Å². The fourth-order valence-corrected chi connectivity index (χ4v) is 2.26. The molecule has 5 heteroatoms. The Kier molecular flexibility index (Phi) is 6.56. The summed E-state index contributed by atoms with van der Waals surface area (Å²) in [4.78, 5) is 11.9. The van der Waals surface area contributed by atoms with Crippen molar-refractivity contribution in [3.05, 3.63) is 18.5 Å². The van der Waals surface area contributed by atoms with Crippen LogP contribution in [0.1, 0.15) is 33.6 Å². The second-order valence-corrected chi connectivity index (χ2v) is 5.63. The van der Waals surface area contributed by atoms with Crippen LogP contribution in [0.4, 0.5) is 0 Å². The summed E-state index contributed by atoms with van der Waals surface area (Å²) in [6, 6.07) is 1.95. The summed E-state index contributed by atoms with van der Waals surface area (Å²) in [5.74, 6) is 0.926. The molecule has 0 saturated heterocycles. The van der Waals surface area contributed by atoms with Gasteiger partial charge in [0.1, 0.15) is 0 Å². The van der Waals surface area contributed by atoms with E-state index in [0.29, 0.717) is 25.4 Å². The molecule has 2 atom stereocenters. The van der Waals surface area contributed by atoms with Crippen molar-refractivity contribution in [2.24, 2.45) is 17.6 Å². The Morgan fingerprint density at radius 1 is 1.42 bits per heavy atom. The Labute approximate surface area is 115 Å². The number of rotatable bonds is 8. The van der Waals surface area contributed by atoms with Gasteiger partial charge in [-0.05, 0) is 37.8 Å². The number of amides is 1. The number of carbonyl (C=O) groups excluding carboxylic acids is 1. The highest BCUT2D eigenvalue weighted by atomic mass is 16.1. The van der Waals surface area contributed by atoms with Crippen molar-refractivity contribution < 1.29 is 4.79 Å². The topological polar surface area (TPSA) is 72.9 Å². The first-order chi connectivity index (χ1) is 9.01. The molecule has 0 bridgehead atoms. The molecule has 0 aliphatic heterocycles. The normalized spacial score (nSPS) is 14.4. The van der Waals surface area contributed by atoms with Crippen molar-refractivity contribution in [3.63, 3.8) is 0 Å². The highest BCUT2D eigenvalue weighted by Crippen LogP contribution is 2.14. The molecule has 3 N–H and O–H groups in total. The molecule has 1 aromatic heterocycles. The van der Waals surface area contributed by atoms with E-state index < -0.39 is 0 Å². The lowest BCUT2D eigenvalue weighted by molar-refractivity contribution is -0.122. The molecule has 1 rings (SSSR count). The van der Waals surface area contributed by atoms with Gasteiger partial charge in [-0.25, -0.2) is 0 Å². The van der Waals surface area contributed by atoms with E-state index in [9.17, 15) is 4.79 Å². The fraction of sp³-hybridized carbons (Fsp3) is 0.714. The molecule has 0 spiro atoms. The summed E-state index contributed by atoms with van der Waals surface area (Å²) in [6.07, 6.45) is 5.14. The summed E-state index contributed by atoms with van der Waals surface area (Å²) < 4.78 is 1.82. The van der Waals surface area contributed by atoms with E-state index >= 15 is 0 Å². The molecule has 0 fully saturated rings. The lowest BCUT2D eigenvalue weighted by Crippen LogP contribution is -2.37. The Morgan fingerprint density at radius 2 is 2.16 bits per heavy atom. The van der Waals surface area contributed by atoms with Gasteiger partial charge < -0.3 is 11.1 Å². The molecule has 0 aliphatic carbocycles. The molecule has 1 heterocycles. The molecular weight excluding hydrogens is 240 g/mol. The molecular formula is C14H26N4O. The van der Waals surface area contributed by atoms with E-state index in [2.05, 4.69) is 24.3 Å². The standard InChI is InChI=1S/C14H26N4O/c1-11(2)7-13(9-15)8-14(19)17-12(3)10-18-6-4-5-16-18/h4-6,11-13H,7-10,15H2,1-3H3,(H,17,19)/t12?,13-/m0/s1. The summed E-state index contributed by atoms with van der Waals surface area (Å²) in [5.41, 5.74) is 5.72. The van der Waals surface area contributed by atoms with Gasteiger partial charge in [0.2, 0.25) is 5.91 Å². The number of hydrogen-bond acceptors (Lipinski definition) is 3. The first-order valence-corrected chi connectivity index (χ1v) is 6.98. The third kappa shape index (κ3) is 6.38. The zero-order chi connectivity index (χ0) is 14.3. The second kappa shape index (κ2) is 7.94. The molecule has 0 radical (unpaired) electrons. The first kappa shape index (κ1) is 15.7. The van der Waals surface area contributed by atoms with Gasteiger partial charge >= 0.3 is 0 Å². The van der Waals surface area contributed by atoms with Crippen LogP contribution in [-0.2, 0) is 11.3 Å². The molecule has 1 aromatic rings. The second-order valence-electron chi connectivity index (χ2n) is 5.63. The third-order valence-electron chi connectivity index (χ3n) is 3.04. The van der Waals surface area contributed by atoms with E-state index in [1.807, 2.05) is 23.9 Å². The Bertz CT molecular complexity index is 362. The summed E-state index contributed by atoms with van der Waals surface area (Å²) in [7, 11) is 0. The Morgan fingerprint density at radius 3 is 2.68 bits per heavy atom. The molecule has 0 aromatic carbocycles. The van der Waals surface area contributed by atoms with Crippen LogP contribution in [0.3, 0.4) is 0 Å². The van der Waals surface area contributed by atoms with E-state index in [4.69, 9.17) is 5.73 Å². The predicted molar refractivity (Wildman–Crippen MR) is 76.4 cm³/mol. The van der Waals surface area contributed by atoms with Crippen molar-refractivity contribution in [2.75, 3.05) is 6.54 Å². The van der Waals surface area contributed by atoms with Gasteiger partial charge in [0, 0.05) is 24.9 Å². The molecule has 5 nitrogen and oxygen atoms in total. The lowest BCUT2D eigenvalue weighted by Gasteiger charge is -2.19. The largest absolute Gasteiger partial charge is 0.352 e. The predicted octanol–water partition coefficient (Wildman–Crippen LogP) is 1.40. The number of nitrogens with two attached hydrogens (primary N) is 1. The minimum atomic E-state index is 0.0740. The SMILES string of the molecule is CC(C)C[C@H](CN)CC(=O)NC(C)Cn1cccn1. The minimum Gasteiger partial charge on any atom is -0.352 e. The van der Waals surface area contributed by atoms with Crippen LogP contribution < -0.4 is 11.1 Å². The highest BCUT2D eigenvalue weighted by Gasteiger charge is 2.15. The van der Waals surface area contributed by atoms with Crippen LogP contribution in [0.25, 0.3) is 0 Å². The van der Waals surface area contributed by atoms with Crippen LogP contribution in [-0.4, -0.2) is 28.3 Å². The number of nitrogens with one attached hydrogen (secondary N) is 1. The molecule has 19 heavy (non-hydrogen) atoms. The molecule has 108 valence electrons. The molecule has 0 aliphatic rings. The van der Waals surface area contributed by atoms with Gasteiger partial charge in [0.05, 0.1) is 6.54 Å². The summed E-state index contributed by atoms with van der Waals surface area (Å²) in [5, 5.41) is 7.13. The van der Waals surface area contributed by atoms with E-state index in [1.54, 1.807) is 6.20 Å². The van der Waals surface area contributed by atoms with E-state index in [1.165, 1.54) is 0 Å². The number of hydrogen-bond donors (Lipinski definition) is 2. The average molecular weight is 266 g/mol. The smallest absolute Gasteiger partial charge is 0.220 e. The van der Waals surface area contributed by atoms with Crippen molar-refractivity contribution in [2.45, 2.75) is 46.2 Å². The van der Waals surface area contributed by atoms with Crippen molar-refractivity contribution in [1.29, 1.82) is 0 Å². The van der Waals surface area contributed by atoms with Crippen LogP contribution >= 0.6 is 0 Å². The van der Waals surface area contributed by atoms with Crippen molar-refractivity contribution in [1.82, 2.24) is 15.1 Å². The van der Waals surface area contributed by atoms with Gasteiger partial charge in [-0.15, -0.1) is 0 Å². The number of carbonyl (C=O) groups is 1. The fourth-order valence-electron chi connectivity index (χ4n) is 2.26. The van der Waals surface area contributed by atoms with E-state index in [-0.39, 0.29) is 17.9 Å². The van der Waals surface area contributed by atoms with Crippen LogP contribution in [0.2, 0.25) is 0 Å². The molecule has 1 amide bonds. The molecule has 0 saturated carbocycles. The molecule has 1 unspecified atom stereocenters. The van der Waals surface area contributed by atoms with Crippen LogP contribution in [0, 0.1) is 11.8 Å². The summed E-state index contributed by atoms with van der Waals surface area (Å²) >= 11 is 0. The monoisotopic (exact) mass is 266 g/mol. The number of nitrogens with zero attached hydrogens (tertiary/aromatic N) is 2. The zero-order valence-corrected chi connectivity index (χ0v) is 12.2. The highest BCUT2D eigenvalue weighted by molar-refractivity contribution is 5.76. The van der Waals surface area contributed by atoms with Crippen molar-refractivity contribution >= 4 is 5.91 Å². The van der Waals surface area contributed by atoms with Crippen LogP contribution in [0.5, 0.6) is 0 Å². The summed E-state index contributed by atoms with van der Waals surface area (Å²) in [6.45, 7) is 7.55. The quantitative estimate of drug-likeness (QED) is 0.747. The van der Waals surface area contributed by atoms with Gasteiger partial charge in [0.15, 0.2) is 0 Å². The van der Waals surface area contributed by atoms with Crippen LogP contribution in [0.15, 0.2) is 18.5 Å². The van der Waals surface area contributed by atoms with E-state index in [0.717, 1.165) is 6.42 Å². The van der Waals surface area contributed by atoms with Gasteiger partial charge in [0.25, 0.3) is 0 Å². The third-order valence-corrected chi connectivity index (χ3v) is 3.04. The maximum absolute atomic E-state index is 11.9. The van der Waals surface area contributed by atoms with Gasteiger partial charge in [-0.1, -0.05) is 13.8 Å².